The fourth-order valence-electron chi connectivity index (χ4n) is 2.77. The van der Waals surface area contributed by atoms with Crippen molar-refractivity contribution in [2.24, 2.45) is 11.3 Å². The number of nitrogens with one attached hydrogen (secondary N) is 1. The first-order valence-corrected chi connectivity index (χ1v) is 6.10. The lowest BCUT2D eigenvalue weighted by Gasteiger charge is -2.12. The molecule has 2 atom stereocenters. The van der Waals surface area contributed by atoms with Crippen LogP contribution in [0.25, 0.3) is 0 Å². The molecule has 1 aromatic carbocycles. The van der Waals surface area contributed by atoms with Gasteiger partial charge in [0.05, 0.1) is 10.0 Å². The molecule has 80 valence electrons. The molecule has 2 fully saturated rings. The van der Waals surface area contributed by atoms with Crippen LogP contribution in [0.2, 0.25) is 10.0 Å². The van der Waals surface area contributed by atoms with E-state index in [0.29, 0.717) is 15.5 Å². The minimum absolute atomic E-state index is 0.539. The zero-order chi connectivity index (χ0) is 10.5. The van der Waals surface area contributed by atoms with Crippen molar-refractivity contribution in [3.8, 4) is 0 Å². The number of rotatable bonds is 2. The van der Waals surface area contributed by atoms with Crippen LogP contribution in [0.3, 0.4) is 0 Å². The van der Waals surface area contributed by atoms with Crippen molar-refractivity contribution >= 4 is 23.2 Å². The second kappa shape index (κ2) is 3.38. The number of fused-ring (bicyclic) bond motifs is 1. The molecule has 1 aromatic rings. The van der Waals surface area contributed by atoms with Crippen molar-refractivity contribution in [1.29, 1.82) is 0 Å². The van der Waals surface area contributed by atoms with Gasteiger partial charge in [-0.25, -0.2) is 0 Å². The lowest BCUT2D eigenvalue weighted by Crippen LogP contribution is -2.17. The second-order valence-electron chi connectivity index (χ2n) is 4.82. The molecule has 3 rings (SSSR count). The molecule has 1 heterocycles. The van der Waals surface area contributed by atoms with Crippen molar-refractivity contribution in [1.82, 2.24) is 5.32 Å². The minimum atomic E-state index is 0.539. The first-order valence-electron chi connectivity index (χ1n) is 5.34. The third kappa shape index (κ3) is 1.67. The van der Waals surface area contributed by atoms with Crippen molar-refractivity contribution < 1.29 is 0 Å². The molecule has 2 unspecified atom stereocenters. The molecule has 0 amide bonds. The van der Waals surface area contributed by atoms with Crippen LogP contribution >= 0.6 is 23.2 Å². The maximum Gasteiger partial charge on any atom is 0.0595 e. The van der Waals surface area contributed by atoms with Crippen LogP contribution < -0.4 is 5.32 Å². The molecule has 2 aliphatic rings. The van der Waals surface area contributed by atoms with E-state index in [1.807, 2.05) is 12.1 Å². The smallest absolute Gasteiger partial charge is 0.0595 e. The van der Waals surface area contributed by atoms with Gasteiger partial charge < -0.3 is 5.32 Å². The molecule has 1 nitrogen and oxygen atoms in total. The normalized spacial score (nSPS) is 32.8. The summed E-state index contributed by atoms with van der Waals surface area (Å²) >= 11 is 11.9. The Morgan fingerprint density at radius 3 is 2.80 bits per heavy atom. The Kier molecular flexibility index (Phi) is 2.24. The molecular weight excluding hydrogens is 229 g/mol. The van der Waals surface area contributed by atoms with Crippen molar-refractivity contribution in [3.63, 3.8) is 0 Å². The summed E-state index contributed by atoms with van der Waals surface area (Å²) in [6.07, 6.45) is 2.52. The van der Waals surface area contributed by atoms with Crippen molar-refractivity contribution in [3.05, 3.63) is 33.8 Å². The summed E-state index contributed by atoms with van der Waals surface area (Å²) in [7, 11) is 0. The van der Waals surface area contributed by atoms with Gasteiger partial charge in [-0.2, -0.15) is 0 Å². The molecule has 3 heteroatoms. The van der Waals surface area contributed by atoms with Gasteiger partial charge in [-0.05, 0) is 48.4 Å². The van der Waals surface area contributed by atoms with E-state index in [1.54, 1.807) is 0 Å². The summed E-state index contributed by atoms with van der Waals surface area (Å²) in [5, 5.41) is 4.77. The minimum Gasteiger partial charge on any atom is -0.316 e. The molecule has 1 aliphatic heterocycles. The van der Waals surface area contributed by atoms with Gasteiger partial charge in [0.2, 0.25) is 0 Å². The molecular formula is C12H13Cl2N. The van der Waals surface area contributed by atoms with Gasteiger partial charge in [0.1, 0.15) is 0 Å². The largest absolute Gasteiger partial charge is 0.316 e. The predicted molar refractivity (Wildman–Crippen MR) is 63.6 cm³/mol. The maximum atomic E-state index is 6.01. The fourth-order valence-corrected chi connectivity index (χ4v) is 3.09. The van der Waals surface area contributed by atoms with Gasteiger partial charge in [-0.1, -0.05) is 29.3 Å². The average Bonchev–Trinajstić information content (AvgIpc) is 2.74. The third-order valence-electron chi connectivity index (χ3n) is 3.77. The van der Waals surface area contributed by atoms with Crippen molar-refractivity contribution in [2.45, 2.75) is 12.8 Å². The van der Waals surface area contributed by atoms with E-state index in [4.69, 9.17) is 23.2 Å². The van der Waals surface area contributed by atoms with Crippen LogP contribution in [-0.2, 0) is 6.42 Å². The summed E-state index contributed by atoms with van der Waals surface area (Å²) in [5.74, 6) is 0.895. The monoisotopic (exact) mass is 241 g/mol. The van der Waals surface area contributed by atoms with E-state index in [2.05, 4.69) is 11.4 Å². The Bertz CT molecular complexity index is 405. The van der Waals surface area contributed by atoms with E-state index < -0.39 is 0 Å². The summed E-state index contributed by atoms with van der Waals surface area (Å²) in [4.78, 5) is 0. The van der Waals surface area contributed by atoms with Crippen LogP contribution in [0.4, 0.5) is 0 Å². The van der Waals surface area contributed by atoms with Gasteiger partial charge in [0.25, 0.3) is 0 Å². The zero-order valence-corrected chi connectivity index (χ0v) is 9.91. The molecule has 1 saturated carbocycles. The molecule has 0 spiro atoms. The maximum absolute atomic E-state index is 6.01. The summed E-state index contributed by atoms with van der Waals surface area (Å²) in [5.41, 5.74) is 1.85. The topological polar surface area (TPSA) is 12.0 Å². The average molecular weight is 242 g/mol. The Morgan fingerprint density at radius 1 is 1.33 bits per heavy atom. The van der Waals surface area contributed by atoms with Crippen LogP contribution in [-0.4, -0.2) is 13.1 Å². The molecule has 1 aliphatic carbocycles. The molecule has 0 aromatic heterocycles. The number of benzene rings is 1. The van der Waals surface area contributed by atoms with Crippen LogP contribution in [0.15, 0.2) is 18.2 Å². The van der Waals surface area contributed by atoms with Gasteiger partial charge in [-0.3, -0.25) is 0 Å². The van der Waals surface area contributed by atoms with Crippen LogP contribution in [0.1, 0.15) is 12.0 Å². The standard InChI is InChI=1S/C12H13Cl2N/c13-10-2-1-8(3-11(10)14)4-12-5-9(12)6-15-7-12/h1-3,9,15H,4-7H2. The Morgan fingerprint density at radius 2 is 2.20 bits per heavy atom. The molecule has 0 bridgehead atoms. The Labute approximate surface area is 99.8 Å². The van der Waals surface area contributed by atoms with E-state index >= 15 is 0 Å². The van der Waals surface area contributed by atoms with E-state index in [9.17, 15) is 0 Å². The highest BCUT2D eigenvalue weighted by Crippen LogP contribution is 2.56. The van der Waals surface area contributed by atoms with Gasteiger partial charge >= 0.3 is 0 Å². The Balaban J connectivity index is 1.80. The highest BCUT2D eigenvalue weighted by Gasteiger charge is 2.56. The fraction of sp³-hybridized carbons (Fsp3) is 0.500. The lowest BCUT2D eigenvalue weighted by atomic mass is 9.96. The van der Waals surface area contributed by atoms with Gasteiger partial charge in [0.15, 0.2) is 0 Å². The van der Waals surface area contributed by atoms with Crippen LogP contribution in [0, 0.1) is 11.3 Å². The second-order valence-corrected chi connectivity index (χ2v) is 5.63. The predicted octanol–water partition coefficient (Wildman–Crippen LogP) is 3.15. The quantitative estimate of drug-likeness (QED) is 0.840. The summed E-state index contributed by atoms with van der Waals surface area (Å²) in [6.45, 7) is 2.36. The molecule has 1 N–H and O–H groups in total. The number of halogens is 2. The summed E-state index contributed by atoms with van der Waals surface area (Å²) in [6, 6.07) is 6.00. The SMILES string of the molecule is Clc1ccc(CC23CNCC2C3)cc1Cl. The zero-order valence-electron chi connectivity index (χ0n) is 8.39. The van der Waals surface area contributed by atoms with E-state index in [-0.39, 0.29) is 0 Å². The number of hydrogen-bond acceptors (Lipinski definition) is 1. The molecule has 1 saturated heterocycles. The van der Waals surface area contributed by atoms with Crippen LogP contribution in [0.5, 0.6) is 0 Å². The van der Waals surface area contributed by atoms with Gasteiger partial charge in [-0.15, -0.1) is 0 Å². The van der Waals surface area contributed by atoms with E-state index in [1.165, 1.54) is 18.5 Å². The first kappa shape index (κ1) is 9.95. The Hall–Kier alpha value is -0.240. The molecule has 0 radical (unpaired) electrons. The molecule has 15 heavy (non-hydrogen) atoms. The lowest BCUT2D eigenvalue weighted by molar-refractivity contribution is 0.512. The van der Waals surface area contributed by atoms with E-state index in [0.717, 1.165) is 18.9 Å². The van der Waals surface area contributed by atoms with Gasteiger partial charge in [0, 0.05) is 6.54 Å². The number of piperidine rings is 1. The highest BCUT2D eigenvalue weighted by molar-refractivity contribution is 6.42. The first-order chi connectivity index (χ1) is 7.20. The number of hydrogen-bond donors (Lipinski definition) is 1. The summed E-state index contributed by atoms with van der Waals surface area (Å²) < 4.78 is 0. The third-order valence-corrected chi connectivity index (χ3v) is 4.51. The highest BCUT2D eigenvalue weighted by atomic mass is 35.5. The van der Waals surface area contributed by atoms with Crippen molar-refractivity contribution in [2.75, 3.05) is 13.1 Å².